The van der Waals surface area contributed by atoms with Crippen LogP contribution in [0.3, 0.4) is 0 Å². The molecule has 6 heteroatoms. The van der Waals surface area contributed by atoms with E-state index >= 15 is 0 Å². The molecule has 2 unspecified atom stereocenters. The van der Waals surface area contributed by atoms with Crippen molar-refractivity contribution >= 4 is 41.7 Å². The van der Waals surface area contributed by atoms with Crippen LogP contribution in [0.5, 0.6) is 0 Å². The summed E-state index contributed by atoms with van der Waals surface area (Å²) in [5.41, 5.74) is 1.26. The van der Waals surface area contributed by atoms with Gasteiger partial charge in [-0.2, -0.15) is 11.8 Å². The van der Waals surface area contributed by atoms with Crippen LogP contribution >= 0.6 is 35.7 Å². The minimum absolute atomic E-state index is 0. The topological polar surface area (TPSA) is 41.4 Å². The van der Waals surface area contributed by atoms with E-state index in [1.807, 2.05) is 18.8 Å². The largest absolute Gasteiger partial charge is 0.354 e. The van der Waals surface area contributed by atoms with Crippen LogP contribution < -0.4 is 10.6 Å². The highest BCUT2D eigenvalue weighted by atomic mass is 127. The quantitative estimate of drug-likeness (QED) is 0.446. The van der Waals surface area contributed by atoms with E-state index in [9.17, 15) is 0 Å². The first-order valence-electron chi connectivity index (χ1n) is 7.33. The SMILES string of the molecule is CN=C(NCc1cccn1C)NC1CCCC(SC)C1.I. The summed E-state index contributed by atoms with van der Waals surface area (Å²) in [6, 6.07) is 4.75. The molecule has 0 aliphatic heterocycles. The Balaban J connectivity index is 0.00000220. The summed E-state index contributed by atoms with van der Waals surface area (Å²) in [6.45, 7) is 0.807. The van der Waals surface area contributed by atoms with Gasteiger partial charge >= 0.3 is 0 Å². The van der Waals surface area contributed by atoms with Gasteiger partial charge in [-0.1, -0.05) is 6.42 Å². The molecule has 2 rings (SSSR count). The molecular weight excluding hydrogens is 395 g/mol. The van der Waals surface area contributed by atoms with Gasteiger partial charge in [-0.15, -0.1) is 24.0 Å². The molecule has 0 spiro atoms. The Bertz CT molecular complexity index is 447. The minimum Gasteiger partial charge on any atom is -0.354 e. The molecule has 1 aromatic rings. The van der Waals surface area contributed by atoms with Gasteiger partial charge in [0.1, 0.15) is 0 Å². The Morgan fingerprint density at radius 3 is 2.90 bits per heavy atom. The Hall–Kier alpha value is -0.370. The van der Waals surface area contributed by atoms with E-state index in [0.717, 1.165) is 17.8 Å². The summed E-state index contributed by atoms with van der Waals surface area (Å²) < 4.78 is 2.13. The van der Waals surface area contributed by atoms with Crippen molar-refractivity contribution in [1.82, 2.24) is 15.2 Å². The highest BCUT2D eigenvalue weighted by Crippen LogP contribution is 2.26. The lowest BCUT2D eigenvalue weighted by Gasteiger charge is -2.29. The third kappa shape index (κ3) is 5.73. The first-order chi connectivity index (χ1) is 9.72. The zero-order valence-electron chi connectivity index (χ0n) is 13.1. The van der Waals surface area contributed by atoms with Crippen LogP contribution in [0.1, 0.15) is 31.4 Å². The molecule has 1 aliphatic carbocycles. The molecule has 1 saturated carbocycles. The van der Waals surface area contributed by atoms with E-state index in [-0.39, 0.29) is 24.0 Å². The van der Waals surface area contributed by atoms with Gasteiger partial charge in [0.15, 0.2) is 5.96 Å². The number of hydrogen-bond donors (Lipinski definition) is 2. The highest BCUT2D eigenvalue weighted by molar-refractivity contribution is 14.0. The molecule has 4 nitrogen and oxygen atoms in total. The van der Waals surface area contributed by atoms with Crippen molar-refractivity contribution in [3.8, 4) is 0 Å². The molecule has 2 N–H and O–H groups in total. The van der Waals surface area contributed by atoms with Gasteiger partial charge in [0.25, 0.3) is 0 Å². The zero-order chi connectivity index (χ0) is 14.4. The molecule has 120 valence electrons. The van der Waals surface area contributed by atoms with Gasteiger partial charge in [0.2, 0.25) is 0 Å². The number of aromatic nitrogens is 1. The van der Waals surface area contributed by atoms with E-state index in [4.69, 9.17) is 0 Å². The number of nitrogens with one attached hydrogen (secondary N) is 2. The molecule has 1 aliphatic rings. The summed E-state index contributed by atoms with van der Waals surface area (Å²) >= 11 is 1.99. The molecule has 1 aromatic heterocycles. The molecule has 0 bridgehead atoms. The first kappa shape index (κ1) is 18.7. The third-order valence-electron chi connectivity index (χ3n) is 4.01. The van der Waals surface area contributed by atoms with Crippen molar-refractivity contribution in [3.05, 3.63) is 24.0 Å². The molecule has 21 heavy (non-hydrogen) atoms. The monoisotopic (exact) mass is 422 g/mol. The van der Waals surface area contributed by atoms with E-state index in [1.165, 1.54) is 31.4 Å². The maximum Gasteiger partial charge on any atom is 0.191 e. The number of guanidine groups is 1. The van der Waals surface area contributed by atoms with E-state index < -0.39 is 0 Å². The number of rotatable bonds is 4. The van der Waals surface area contributed by atoms with Crippen LogP contribution in [0, 0.1) is 0 Å². The predicted molar refractivity (Wildman–Crippen MR) is 104 cm³/mol. The van der Waals surface area contributed by atoms with Crippen molar-refractivity contribution in [2.75, 3.05) is 13.3 Å². The van der Waals surface area contributed by atoms with E-state index in [2.05, 4.69) is 51.8 Å². The number of aliphatic imine (C=N–C) groups is 1. The Morgan fingerprint density at radius 2 is 2.29 bits per heavy atom. The van der Waals surface area contributed by atoms with Crippen molar-refractivity contribution in [2.45, 2.75) is 43.5 Å². The molecule has 0 aromatic carbocycles. The molecule has 0 radical (unpaired) electrons. The smallest absolute Gasteiger partial charge is 0.191 e. The maximum absolute atomic E-state index is 4.34. The lowest BCUT2D eigenvalue weighted by atomic mass is 9.95. The second kappa shape index (κ2) is 9.61. The zero-order valence-corrected chi connectivity index (χ0v) is 16.3. The second-order valence-electron chi connectivity index (χ2n) is 5.40. The first-order valence-corrected chi connectivity index (χ1v) is 8.62. The summed E-state index contributed by atoms with van der Waals surface area (Å²) in [6.07, 6.45) is 9.45. The normalized spacial score (nSPS) is 22.5. The molecule has 2 atom stereocenters. The Kier molecular flexibility index (Phi) is 8.55. The van der Waals surface area contributed by atoms with Gasteiger partial charge in [-0.3, -0.25) is 4.99 Å². The molecular formula is C15H27IN4S. The summed E-state index contributed by atoms with van der Waals surface area (Å²) in [4.78, 5) is 4.34. The molecule has 1 fully saturated rings. The number of hydrogen-bond acceptors (Lipinski definition) is 2. The number of thioether (sulfide) groups is 1. The van der Waals surface area contributed by atoms with Crippen LogP contribution in [0.4, 0.5) is 0 Å². The second-order valence-corrected chi connectivity index (χ2v) is 6.54. The van der Waals surface area contributed by atoms with Crippen molar-refractivity contribution < 1.29 is 0 Å². The van der Waals surface area contributed by atoms with Gasteiger partial charge in [0.05, 0.1) is 6.54 Å². The van der Waals surface area contributed by atoms with Crippen molar-refractivity contribution in [3.63, 3.8) is 0 Å². The van der Waals surface area contributed by atoms with Crippen LogP contribution in [0.2, 0.25) is 0 Å². The standard InChI is InChI=1S/C15H26N4S.HI/c1-16-15(17-11-13-7-5-9-19(13)2)18-12-6-4-8-14(10-12)20-3;/h5,7,9,12,14H,4,6,8,10-11H2,1-3H3,(H2,16,17,18);1H. The van der Waals surface area contributed by atoms with E-state index in [1.54, 1.807) is 0 Å². The van der Waals surface area contributed by atoms with Gasteiger partial charge in [-0.05, 0) is 37.7 Å². The highest BCUT2D eigenvalue weighted by Gasteiger charge is 2.21. The van der Waals surface area contributed by atoms with Crippen LogP contribution in [0.15, 0.2) is 23.3 Å². The average molecular weight is 422 g/mol. The Labute approximate surface area is 149 Å². The fourth-order valence-electron chi connectivity index (χ4n) is 2.73. The van der Waals surface area contributed by atoms with Crippen LogP contribution in [-0.2, 0) is 13.6 Å². The van der Waals surface area contributed by atoms with Crippen LogP contribution in [0.25, 0.3) is 0 Å². The van der Waals surface area contributed by atoms with E-state index in [0.29, 0.717) is 6.04 Å². The lowest BCUT2D eigenvalue weighted by molar-refractivity contribution is 0.419. The third-order valence-corrected chi connectivity index (χ3v) is 5.11. The lowest BCUT2D eigenvalue weighted by Crippen LogP contribution is -2.45. The minimum atomic E-state index is 0. The van der Waals surface area contributed by atoms with Crippen molar-refractivity contribution in [1.29, 1.82) is 0 Å². The van der Waals surface area contributed by atoms with Gasteiger partial charge < -0.3 is 15.2 Å². The fraction of sp³-hybridized carbons (Fsp3) is 0.667. The van der Waals surface area contributed by atoms with Crippen molar-refractivity contribution in [2.24, 2.45) is 12.0 Å². The number of aryl methyl sites for hydroxylation is 1. The molecule has 0 saturated heterocycles. The van der Waals surface area contributed by atoms with Gasteiger partial charge in [-0.25, -0.2) is 0 Å². The number of halogens is 1. The molecule has 0 amide bonds. The van der Waals surface area contributed by atoms with Gasteiger partial charge in [0, 0.05) is 37.3 Å². The summed E-state index contributed by atoms with van der Waals surface area (Å²) in [7, 11) is 3.91. The average Bonchev–Trinajstić information content (AvgIpc) is 2.89. The molecule has 1 heterocycles. The Morgan fingerprint density at radius 1 is 1.48 bits per heavy atom. The summed E-state index contributed by atoms with van der Waals surface area (Å²) in [5.74, 6) is 0.915. The summed E-state index contributed by atoms with van der Waals surface area (Å²) in [5, 5.41) is 7.77. The van der Waals surface area contributed by atoms with Crippen LogP contribution in [-0.4, -0.2) is 35.1 Å². The maximum atomic E-state index is 4.34. The predicted octanol–water partition coefficient (Wildman–Crippen LogP) is 2.98. The fourth-order valence-corrected chi connectivity index (χ4v) is 3.56. The number of nitrogens with zero attached hydrogens (tertiary/aromatic N) is 2.